The number of carbonyl (C=O) groups excluding carboxylic acids is 1. The molecule has 8 unspecified atom stereocenters. The summed E-state index contributed by atoms with van der Waals surface area (Å²) in [5, 5.41) is 1.43. The zero-order valence-electron chi connectivity index (χ0n) is 26.9. The lowest BCUT2D eigenvalue weighted by Crippen LogP contribution is -2.57. The highest BCUT2D eigenvalue weighted by atomic mass is 16.1. The quantitative estimate of drug-likeness (QED) is 0.280. The highest BCUT2D eigenvalue weighted by Crippen LogP contribution is 2.67. The van der Waals surface area contributed by atoms with Crippen molar-refractivity contribution < 1.29 is 4.79 Å². The van der Waals surface area contributed by atoms with E-state index in [4.69, 9.17) is 0 Å². The number of aromatic nitrogens is 1. The van der Waals surface area contributed by atoms with Crippen molar-refractivity contribution in [2.75, 3.05) is 0 Å². The Bertz CT molecular complexity index is 1450. The second-order valence-electron chi connectivity index (χ2n) is 16.0. The topological polar surface area (TPSA) is 22.0 Å². The van der Waals surface area contributed by atoms with E-state index in [-0.39, 0.29) is 11.3 Å². The number of nitrogens with zero attached hydrogens (tertiary/aromatic N) is 1. The fraction of sp³-hybridized carbons (Fsp3) is 0.625. The summed E-state index contributed by atoms with van der Waals surface area (Å²) < 4.78 is 2.55. The van der Waals surface area contributed by atoms with Gasteiger partial charge in [-0.15, -0.1) is 0 Å². The molecular weight excluding hydrogens is 510 g/mol. The van der Waals surface area contributed by atoms with Gasteiger partial charge in [-0.1, -0.05) is 102 Å². The molecule has 3 aromatic rings. The van der Waals surface area contributed by atoms with Gasteiger partial charge in [-0.25, -0.2) is 0 Å². The molecule has 1 aromatic heterocycles. The molecule has 8 atom stereocenters. The zero-order valence-corrected chi connectivity index (χ0v) is 26.9. The van der Waals surface area contributed by atoms with Crippen LogP contribution in [0.2, 0.25) is 0 Å². The van der Waals surface area contributed by atoms with E-state index in [0.717, 1.165) is 49.5 Å². The number of fused-ring (bicyclic) bond motifs is 8. The summed E-state index contributed by atoms with van der Waals surface area (Å²) in [6, 6.07) is 19.9. The third-order valence-electron chi connectivity index (χ3n) is 13.4. The Hall–Kier alpha value is -2.35. The minimum atomic E-state index is 0.0804. The minimum Gasteiger partial charge on any atom is -0.340 e. The lowest BCUT2D eigenvalue weighted by atomic mass is 9.44. The Labute approximate surface area is 254 Å². The highest BCUT2D eigenvalue weighted by molar-refractivity contribution is 5.89. The Morgan fingerprint density at radius 3 is 2.38 bits per heavy atom. The fourth-order valence-corrected chi connectivity index (χ4v) is 11.4. The third kappa shape index (κ3) is 4.45. The van der Waals surface area contributed by atoms with Gasteiger partial charge in [-0.3, -0.25) is 4.79 Å². The van der Waals surface area contributed by atoms with Gasteiger partial charge in [0.15, 0.2) is 0 Å². The van der Waals surface area contributed by atoms with Crippen molar-refractivity contribution in [1.29, 1.82) is 0 Å². The molecule has 0 spiro atoms. The predicted molar refractivity (Wildman–Crippen MR) is 174 cm³/mol. The molecule has 0 N–H and O–H groups in total. The molecule has 7 rings (SSSR count). The molecule has 0 bridgehead atoms. The molecule has 0 saturated heterocycles. The van der Waals surface area contributed by atoms with Crippen molar-refractivity contribution >= 4 is 16.7 Å². The molecule has 0 aliphatic heterocycles. The second kappa shape index (κ2) is 10.7. The maximum absolute atomic E-state index is 14.3. The van der Waals surface area contributed by atoms with E-state index >= 15 is 0 Å². The molecule has 4 aliphatic rings. The molecule has 1 heterocycles. The van der Waals surface area contributed by atoms with Crippen LogP contribution in [0, 0.1) is 52.3 Å². The number of Topliss-reactive ketones (excluding diaryl/α,β-unsaturated/α-hetero) is 1. The van der Waals surface area contributed by atoms with Crippen LogP contribution >= 0.6 is 0 Å². The summed E-state index contributed by atoms with van der Waals surface area (Å²) in [6.07, 6.45) is 12.4. The molecular formula is C40H53NO. The summed E-state index contributed by atoms with van der Waals surface area (Å²) in [5.74, 6) is 5.21. The highest BCUT2D eigenvalue weighted by Gasteiger charge is 2.62. The second-order valence-corrected chi connectivity index (χ2v) is 16.0. The van der Waals surface area contributed by atoms with Crippen LogP contribution in [0.25, 0.3) is 10.9 Å². The molecule has 2 nitrogen and oxygen atoms in total. The number of carbonyl (C=O) groups is 1. The van der Waals surface area contributed by atoms with Crippen molar-refractivity contribution in [1.82, 2.24) is 4.57 Å². The van der Waals surface area contributed by atoms with Gasteiger partial charge in [0.25, 0.3) is 0 Å². The predicted octanol–water partition coefficient (Wildman–Crippen LogP) is 9.90. The minimum absolute atomic E-state index is 0.0804. The van der Waals surface area contributed by atoms with E-state index in [2.05, 4.69) is 93.8 Å². The van der Waals surface area contributed by atoms with Crippen LogP contribution in [-0.2, 0) is 24.2 Å². The summed E-state index contributed by atoms with van der Waals surface area (Å²) in [5.41, 5.74) is 6.17. The van der Waals surface area contributed by atoms with E-state index in [0.29, 0.717) is 23.0 Å². The molecule has 3 fully saturated rings. The molecule has 3 saturated carbocycles. The molecule has 224 valence electrons. The number of ketones is 1. The SMILES string of the molecule is CC(C)CCCC(C)C1CCC2C3CC(=O)C4Cc5c(c6ccccc6n5Cc5ccccc5)CC4(C)C3CCC12C. The summed E-state index contributed by atoms with van der Waals surface area (Å²) in [7, 11) is 0. The van der Waals surface area contributed by atoms with Crippen LogP contribution in [0.4, 0.5) is 0 Å². The first kappa shape index (κ1) is 28.4. The number of benzene rings is 2. The van der Waals surface area contributed by atoms with Gasteiger partial charge in [0, 0.05) is 35.5 Å². The van der Waals surface area contributed by atoms with Crippen molar-refractivity contribution in [3.8, 4) is 0 Å². The lowest BCUT2D eigenvalue weighted by Gasteiger charge is -2.60. The van der Waals surface area contributed by atoms with Crippen LogP contribution in [-0.4, -0.2) is 10.4 Å². The maximum Gasteiger partial charge on any atom is 0.137 e. The van der Waals surface area contributed by atoms with E-state index in [1.54, 1.807) is 5.56 Å². The Balaban J connectivity index is 1.19. The third-order valence-corrected chi connectivity index (χ3v) is 13.4. The number of hydrogen-bond donors (Lipinski definition) is 0. The van der Waals surface area contributed by atoms with Crippen LogP contribution in [0.3, 0.4) is 0 Å². The monoisotopic (exact) mass is 563 g/mol. The average Bonchev–Trinajstić information content (AvgIpc) is 3.47. The van der Waals surface area contributed by atoms with Gasteiger partial charge in [0.05, 0.1) is 0 Å². The van der Waals surface area contributed by atoms with Crippen LogP contribution < -0.4 is 0 Å². The van der Waals surface area contributed by atoms with E-state index in [1.807, 2.05) is 0 Å². The molecule has 42 heavy (non-hydrogen) atoms. The normalized spacial score (nSPS) is 34.6. The van der Waals surface area contributed by atoms with Crippen LogP contribution in [0.1, 0.15) is 103 Å². The fourth-order valence-electron chi connectivity index (χ4n) is 11.4. The first-order chi connectivity index (χ1) is 20.2. The van der Waals surface area contributed by atoms with Crippen LogP contribution in [0.15, 0.2) is 54.6 Å². The molecule has 4 aliphatic carbocycles. The van der Waals surface area contributed by atoms with Crippen LogP contribution in [0.5, 0.6) is 0 Å². The summed E-state index contributed by atoms with van der Waals surface area (Å²) >= 11 is 0. The van der Waals surface area contributed by atoms with Gasteiger partial charge in [0.1, 0.15) is 5.78 Å². The molecule has 2 heteroatoms. The smallest absolute Gasteiger partial charge is 0.137 e. The zero-order chi connectivity index (χ0) is 29.2. The Morgan fingerprint density at radius 2 is 1.60 bits per heavy atom. The average molecular weight is 564 g/mol. The lowest BCUT2D eigenvalue weighted by molar-refractivity contribution is -0.150. The van der Waals surface area contributed by atoms with Crippen molar-refractivity contribution in [2.24, 2.45) is 52.3 Å². The molecule has 0 amide bonds. The standard InChI is InChI=1S/C40H53NO/c1-26(2)12-11-13-27(3)32-18-19-33-30-22-38(42)35-23-37-31(24-40(35,5)34(30)20-21-39(32,33)4)29-16-9-10-17-36(29)41(37)25-28-14-7-6-8-15-28/h6-10,14-17,26-27,30,32-35H,11-13,18-25H2,1-5H3. The van der Waals surface area contributed by atoms with Crippen molar-refractivity contribution in [2.45, 2.75) is 105 Å². The number of para-hydroxylation sites is 1. The Kier molecular flexibility index (Phi) is 7.22. The summed E-state index contributed by atoms with van der Waals surface area (Å²) in [4.78, 5) is 14.3. The van der Waals surface area contributed by atoms with Gasteiger partial charge >= 0.3 is 0 Å². The summed E-state index contributed by atoms with van der Waals surface area (Å²) in [6.45, 7) is 13.4. The van der Waals surface area contributed by atoms with Gasteiger partial charge in [0.2, 0.25) is 0 Å². The first-order valence-corrected chi connectivity index (χ1v) is 17.4. The van der Waals surface area contributed by atoms with Crippen molar-refractivity contribution in [3.05, 3.63) is 71.4 Å². The van der Waals surface area contributed by atoms with E-state index in [1.165, 1.54) is 67.1 Å². The van der Waals surface area contributed by atoms with Crippen molar-refractivity contribution in [3.63, 3.8) is 0 Å². The largest absolute Gasteiger partial charge is 0.340 e. The number of hydrogen-bond acceptors (Lipinski definition) is 1. The number of rotatable bonds is 7. The maximum atomic E-state index is 14.3. The van der Waals surface area contributed by atoms with Gasteiger partial charge in [-0.05, 0) is 102 Å². The first-order valence-electron chi connectivity index (χ1n) is 17.4. The van der Waals surface area contributed by atoms with Gasteiger partial charge in [-0.2, -0.15) is 0 Å². The molecule has 2 aromatic carbocycles. The molecule has 0 radical (unpaired) electrons. The van der Waals surface area contributed by atoms with Gasteiger partial charge < -0.3 is 4.57 Å². The Morgan fingerprint density at radius 1 is 0.857 bits per heavy atom. The van der Waals surface area contributed by atoms with E-state index in [9.17, 15) is 4.79 Å². The van der Waals surface area contributed by atoms with E-state index < -0.39 is 0 Å².